The van der Waals surface area contributed by atoms with Gasteiger partial charge >= 0.3 is 0 Å². The molecule has 0 aromatic rings. The number of aliphatic hydroxyl groups excluding tert-OH is 1. The fourth-order valence-electron chi connectivity index (χ4n) is 2.89. The molecule has 1 saturated heterocycles. The van der Waals surface area contributed by atoms with E-state index in [4.69, 9.17) is 4.74 Å². The zero-order valence-corrected chi connectivity index (χ0v) is 11.1. The molecule has 0 bridgehead atoms. The molecule has 2 fully saturated rings. The Labute approximate surface area is 109 Å². The average molecular weight is 255 g/mol. The van der Waals surface area contributed by atoms with Crippen LogP contribution in [0, 0.1) is 0 Å². The Morgan fingerprint density at radius 1 is 1.17 bits per heavy atom. The van der Waals surface area contributed by atoms with E-state index >= 15 is 0 Å². The number of rotatable bonds is 4. The van der Waals surface area contributed by atoms with Gasteiger partial charge in [-0.15, -0.1) is 0 Å². The van der Waals surface area contributed by atoms with Crippen LogP contribution in [-0.4, -0.2) is 35.9 Å². The van der Waals surface area contributed by atoms with Gasteiger partial charge in [-0.1, -0.05) is 12.8 Å². The van der Waals surface area contributed by atoms with E-state index in [1.54, 1.807) is 0 Å². The van der Waals surface area contributed by atoms with Crippen molar-refractivity contribution in [1.29, 1.82) is 0 Å². The van der Waals surface area contributed by atoms with Crippen LogP contribution in [0.5, 0.6) is 0 Å². The lowest BCUT2D eigenvalue weighted by Crippen LogP contribution is -2.45. The van der Waals surface area contributed by atoms with Crippen LogP contribution in [0.2, 0.25) is 0 Å². The third-order valence-corrected chi connectivity index (χ3v) is 4.04. The number of hydrogen-bond acceptors (Lipinski definition) is 3. The summed E-state index contributed by atoms with van der Waals surface area (Å²) in [4.78, 5) is 11.8. The van der Waals surface area contributed by atoms with Gasteiger partial charge in [-0.2, -0.15) is 0 Å². The fraction of sp³-hybridized carbons (Fsp3) is 0.929. The Bertz CT molecular complexity index is 264. The molecule has 0 spiro atoms. The van der Waals surface area contributed by atoms with E-state index < -0.39 is 0 Å². The van der Waals surface area contributed by atoms with Gasteiger partial charge in [-0.05, 0) is 38.5 Å². The standard InChI is InChI=1S/C14H25NO3/c16-13-7-2-1-6-12(13)15-14(17)9-8-11-5-3-4-10-18-11/h11-13,16H,1-10H2,(H,15,17). The van der Waals surface area contributed by atoms with Crippen molar-refractivity contribution in [3.05, 3.63) is 0 Å². The summed E-state index contributed by atoms with van der Waals surface area (Å²) in [5.41, 5.74) is 0. The third-order valence-electron chi connectivity index (χ3n) is 4.04. The first-order chi connectivity index (χ1) is 8.75. The van der Waals surface area contributed by atoms with Crippen molar-refractivity contribution in [2.75, 3.05) is 6.61 Å². The van der Waals surface area contributed by atoms with E-state index in [0.717, 1.165) is 51.6 Å². The van der Waals surface area contributed by atoms with Crippen LogP contribution >= 0.6 is 0 Å². The zero-order chi connectivity index (χ0) is 12.8. The zero-order valence-electron chi connectivity index (χ0n) is 11.1. The molecule has 0 aromatic heterocycles. The maximum absolute atomic E-state index is 11.8. The monoisotopic (exact) mass is 255 g/mol. The molecule has 1 heterocycles. The molecule has 2 aliphatic rings. The molecule has 3 unspecified atom stereocenters. The Kier molecular flexibility index (Phi) is 5.45. The van der Waals surface area contributed by atoms with Gasteiger partial charge in [0.1, 0.15) is 0 Å². The van der Waals surface area contributed by atoms with E-state index in [0.29, 0.717) is 6.42 Å². The quantitative estimate of drug-likeness (QED) is 0.804. The van der Waals surface area contributed by atoms with Crippen molar-refractivity contribution in [1.82, 2.24) is 5.32 Å². The Morgan fingerprint density at radius 2 is 1.94 bits per heavy atom. The van der Waals surface area contributed by atoms with Crippen LogP contribution in [0.4, 0.5) is 0 Å². The average Bonchev–Trinajstić information content (AvgIpc) is 2.40. The molecule has 1 aliphatic heterocycles. The van der Waals surface area contributed by atoms with Gasteiger partial charge in [0, 0.05) is 13.0 Å². The molecule has 2 rings (SSSR count). The molecular weight excluding hydrogens is 230 g/mol. The van der Waals surface area contributed by atoms with Crippen molar-refractivity contribution in [3.8, 4) is 0 Å². The van der Waals surface area contributed by atoms with Crippen LogP contribution in [0.15, 0.2) is 0 Å². The molecule has 4 nitrogen and oxygen atoms in total. The van der Waals surface area contributed by atoms with Gasteiger partial charge < -0.3 is 15.2 Å². The van der Waals surface area contributed by atoms with Crippen molar-refractivity contribution < 1.29 is 14.6 Å². The second-order valence-corrected chi connectivity index (χ2v) is 5.55. The number of amides is 1. The molecule has 2 N–H and O–H groups in total. The second kappa shape index (κ2) is 7.10. The highest BCUT2D eigenvalue weighted by Crippen LogP contribution is 2.19. The minimum atomic E-state index is -0.353. The highest BCUT2D eigenvalue weighted by Gasteiger charge is 2.24. The second-order valence-electron chi connectivity index (χ2n) is 5.55. The summed E-state index contributed by atoms with van der Waals surface area (Å²) < 4.78 is 5.61. The summed E-state index contributed by atoms with van der Waals surface area (Å²) in [6.07, 6.45) is 8.60. The van der Waals surface area contributed by atoms with Crippen LogP contribution in [0.3, 0.4) is 0 Å². The van der Waals surface area contributed by atoms with Crippen molar-refractivity contribution in [3.63, 3.8) is 0 Å². The van der Waals surface area contributed by atoms with Crippen molar-refractivity contribution in [2.24, 2.45) is 0 Å². The molecule has 0 radical (unpaired) electrons. The fourth-order valence-corrected chi connectivity index (χ4v) is 2.89. The van der Waals surface area contributed by atoms with E-state index in [9.17, 15) is 9.90 Å². The van der Waals surface area contributed by atoms with Gasteiger partial charge in [-0.3, -0.25) is 4.79 Å². The van der Waals surface area contributed by atoms with Crippen LogP contribution in [-0.2, 0) is 9.53 Å². The number of carbonyl (C=O) groups excluding carboxylic acids is 1. The predicted octanol–water partition coefficient (Wildman–Crippen LogP) is 1.76. The van der Waals surface area contributed by atoms with E-state index in [1.165, 1.54) is 6.42 Å². The SMILES string of the molecule is O=C(CCC1CCCCO1)NC1CCCCC1O. The van der Waals surface area contributed by atoms with Gasteiger partial charge in [0.25, 0.3) is 0 Å². The summed E-state index contributed by atoms with van der Waals surface area (Å²) in [5.74, 6) is 0.0649. The van der Waals surface area contributed by atoms with Gasteiger partial charge in [0.15, 0.2) is 0 Å². The van der Waals surface area contributed by atoms with Crippen molar-refractivity contribution in [2.45, 2.75) is 76.0 Å². The van der Waals surface area contributed by atoms with E-state index in [2.05, 4.69) is 5.32 Å². The van der Waals surface area contributed by atoms with Crippen LogP contribution in [0.1, 0.15) is 57.8 Å². The maximum atomic E-state index is 11.8. The van der Waals surface area contributed by atoms with Gasteiger partial charge in [-0.25, -0.2) is 0 Å². The van der Waals surface area contributed by atoms with Crippen molar-refractivity contribution >= 4 is 5.91 Å². The lowest BCUT2D eigenvalue weighted by atomic mass is 9.92. The first-order valence-corrected chi connectivity index (χ1v) is 7.35. The summed E-state index contributed by atoms with van der Waals surface area (Å²) >= 11 is 0. The molecule has 1 aliphatic carbocycles. The topological polar surface area (TPSA) is 58.6 Å². The largest absolute Gasteiger partial charge is 0.391 e. The first-order valence-electron chi connectivity index (χ1n) is 7.35. The lowest BCUT2D eigenvalue weighted by molar-refractivity contribution is -0.124. The minimum absolute atomic E-state index is 0.0291. The van der Waals surface area contributed by atoms with Gasteiger partial charge in [0.05, 0.1) is 18.2 Å². The van der Waals surface area contributed by atoms with Crippen LogP contribution < -0.4 is 5.32 Å². The number of nitrogens with one attached hydrogen (secondary N) is 1. The van der Waals surface area contributed by atoms with E-state index in [-0.39, 0.29) is 24.2 Å². The molecule has 3 atom stereocenters. The number of hydrogen-bond donors (Lipinski definition) is 2. The molecule has 1 amide bonds. The van der Waals surface area contributed by atoms with Crippen LogP contribution in [0.25, 0.3) is 0 Å². The lowest BCUT2D eigenvalue weighted by Gasteiger charge is -2.28. The maximum Gasteiger partial charge on any atom is 0.220 e. The number of aliphatic hydroxyl groups is 1. The normalized spacial score (nSPS) is 33.1. The molecule has 104 valence electrons. The highest BCUT2D eigenvalue weighted by atomic mass is 16.5. The molecule has 0 aromatic carbocycles. The smallest absolute Gasteiger partial charge is 0.220 e. The van der Waals surface area contributed by atoms with Gasteiger partial charge in [0.2, 0.25) is 5.91 Å². The molecule has 4 heteroatoms. The number of carbonyl (C=O) groups is 1. The number of ether oxygens (including phenoxy) is 1. The Balaban J connectivity index is 1.64. The third kappa shape index (κ3) is 4.25. The molecule has 1 saturated carbocycles. The molecule has 18 heavy (non-hydrogen) atoms. The summed E-state index contributed by atoms with van der Waals surface area (Å²) in [5, 5.41) is 12.8. The Hall–Kier alpha value is -0.610. The first kappa shape index (κ1) is 13.8. The summed E-state index contributed by atoms with van der Waals surface area (Å²) in [6, 6.07) is -0.0291. The predicted molar refractivity (Wildman–Crippen MR) is 69.2 cm³/mol. The highest BCUT2D eigenvalue weighted by molar-refractivity contribution is 5.76. The summed E-state index contributed by atoms with van der Waals surface area (Å²) in [7, 11) is 0. The minimum Gasteiger partial charge on any atom is -0.391 e. The Morgan fingerprint density at radius 3 is 2.67 bits per heavy atom. The summed E-state index contributed by atoms with van der Waals surface area (Å²) in [6.45, 7) is 0.841. The molecular formula is C14H25NO3. The van der Waals surface area contributed by atoms with E-state index in [1.807, 2.05) is 0 Å².